The average molecular weight is 271 g/mol. The monoisotopic (exact) mass is 271 g/mol. The molecule has 2 aliphatic rings. The van der Waals surface area contributed by atoms with Gasteiger partial charge in [-0.25, -0.2) is 0 Å². The maximum Gasteiger partial charge on any atom is 0.0783 e. The third kappa shape index (κ3) is 3.64. The topological polar surface area (TPSA) is 21.3 Å². The Morgan fingerprint density at radius 1 is 1.44 bits per heavy atom. The van der Waals surface area contributed by atoms with Crippen LogP contribution in [0.25, 0.3) is 0 Å². The molecule has 3 atom stereocenters. The van der Waals surface area contributed by atoms with Crippen molar-refractivity contribution in [2.45, 2.75) is 58.1 Å². The maximum absolute atomic E-state index is 6.14. The van der Waals surface area contributed by atoms with Crippen molar-refractivity contribution >= 4 is 11.8 Å². The Morgan fingerprint density at radius 2 is 2.28 bits per heavy atom. The largest absolute Gasteiger partial charge is 0.374 e. The molecule has 2 nitrogen and oxygen atoms in total. The van der Waals surface area contributed by atoms with E-state index in [4.69, 9.17) is 4.74 Å². The first-order valence-electron chi connectivity index (χ1n) is 7.60. The van der Waals surface area contributed by atoms with Gasteiger partial charge in [0.15, 0.2) is 0 Å². The van der Waals surface area contributed by atoms with E-state index in [-0.39, 0.29) is 5.60 Å². The van der Waals surface area contributed by atoms with Gasteiger partial charge in [0.05, 0.1) is 5.60 Å². The van der Waals surface area contributed by atoms with E-state index < -0.39 is 0 Å². The van der Waals surface area contributed by atoms with E-state index >= 15 is 0 Å². The van der Waals surface area contributed by atoms with Crippen molar-refractivity contribution in [3.05, 3.63) is 0 Å². The first-order chi connectivity index (χ1) is 8.65. The quantitative estimate of drug-likeness (QED) is 0.829. The molecule has 2 aliphatic heterocycles. The Hall–Kier alpha value is 0.270. The first kappa shape index (κ1) is 14.7. The van der Waals surface area contributed by atoms with Gasteiger partial charge < -0.3 is 10.1 Å². The number of hydrogen-bond donors (Lipinski definition) is 1. The highest BCUT2D eigenvalue weighted by Crippen LogP contribution is 2.41. The summed E-state index contributed by atoms with van der Waals surface area (Å²) in [5.74, 6) is 4.12. The van der Waals surface area contributed by atoms with Crippen LogP contribution in [0.2, 0.25) is 0 Å². The van der Waals surface area contributed by atoms with Crippen LogP contribution in [0.4, 0.5) is 0 Å². The van der Waals surface area contributed by atoms with E-state index in [0.717, 1.165) is 25.0 Å². The lowest BCUT2D eigenvalue weighted by Crippen LogP contribution is -2.47. The maximum atomic E-state index is 6.14. The van der Waals surface area contributed by atoms with Crippen molar-refractivity contribution in [1.82, 2.24) is 5.32 Å². The number of ether oxygens (including phenoxy) is 1. The third-order valence-corrected chi connectivity index (χ3v) is 5.58. The second-order valence-corrected chi connectivity index (χ2v) is 7.49. The zero-order chi connectivity index (χ0) is 13.0. The molecule has 3 heteroatoms. The molecular formula is C15H29NOS. The lowest BCUT2D eigenvalue weighted by atomic mass is 9.79. The Morgan fingerprint density at radius 3 is 2.89 bits per heavy atom. The number of rotatable bonds is 5. The number of hydrogen-bond acceptors (Lipinski definition) is 3. The van der Waals surface area contributed by atoms with Gasteiger partial charge in [0, 0.05) is 18.4 Å². The highest BCUT2D eigenvalue weighted by atomic mass is 32.2. The zero-order valence-electron chi connectivity index (χ0n) is 12.2. The Labute approximate surface area is 117 Å². The zero-order valence-corrected chi connectivity index (χ0v) is 13.0. The summed E-state index contributed by atoms with van der Waals surface area (Å²) in [6, 6.07) is 0.696. The van der Waals surface area contributed by atoms with E-state index in [1.807, 2.05) is 0 Å². The van der Waals surface area contributed by atoms with E-state index in [1.165, 1.54) is 37.2 Å². The van der Waals surface area contributed by atoms with Gasteiger partial charge in [0.1, 0.15) is 0 Å². The summed E-state index contributed by atoms with van der Waals surface area (Å²) < 4.78 is 6.14. The third-order valence-electron chi connectivity index (χ3n) is 4.36. The summed E-state index contributed by atoms with van der Waals surface area (Å²) in [6.45, 7) is 8.98. The summed E-state index contributed by atoms with van der Waals surface area (Å²) in [7, 11) is 0. The molecule has 18 heavy (non-hydrogen) atoms. The Bertz CT molecular complexity index is 251. The summed E-state index contributed by atoms with van der Waals surface area (Å²) >= 11 is 2.08. The molecule has 0 aromatic heterocycles. The summed E-state index contributed by atoms with van der Waals surface area (Å²) in [5, 5.41) is 3.73. The summed E-state index contributed by atoms with van der Waals surface area (Å²) in [5.41, 5.74) is 0.234. The normalized spacial score (nSPS) is 34.3. The fraction of sp³-hybridized carbons (Fsp3) is 1.00. The molecule has 106 valence electrons. The van der Waals surface area contributed by atoms with Gasteiger partial charge >= 0.3 is 0 Å². The summed E-state index contributed by atoms with van der Waals surface area (Å²) in [4.78, 5) is 0. The van der Waals surface area contributed by atoms with Gasteiger partial charge in [-0.15, -0.1) is 0 Å². The standard InChI is InChI=1S/C15H29NOS/c1-4-16-14(9-12(2)3)13-5-7-17-15(10-13)6-8-18-11-15/h12-14,16H,4-11H2,1-3H3. The van der Waals surface area contributed by atoms with Crippen molar-refractivity contribution in [1.29, 1.82) is 0 Å². The molecule has 3 unspecified atom stereocenters. The minimum atomic E-state index is 0.234. The van der Waals surface area contributed by atoms with Crippen molar-refractivity contribution in [2.24, 2.45) is 11.8 Å². The van der Waals surface area contributed by atoms with E-state index in [2.05, 4.69) is 37.8 Å². The van der Waals surface area contributed by atoms with Crippen LogP contribution in [0.15, 0.2) is 0 Å². The molecule has 0 aliphatic carbocycles. The molecule has 2 rings (SSSR count). The highest BCUT2D eigenvalue weighted by molar-refractivity contribution is 7.99. The molecule has 2 saturated heterocycles. The van der Waals surface area contributed by atoms with Gasteiger partial charge in [-0.1, -0.05) is 20.8 Å². The van der Waals surface area contributed by atoms with Crippen molar-refractivity contribution in [3.63, 3.8) is 0 Å². The van der Waals surface area contributed by atoms with Crippen molar-refractivity contribution in [3.8, 4) is 0 Å². The molecule has 0 bridgehead atoms. The molecule has 0 aromatic rings. The lowest BCUT2D eigenvalue weighted by molar-refractivity contribution is -0.0859. The Kier molecular flexibility index (Phi) is 5.40. The Balaban J connectivity index is 1.96. The van der Waals surface area contributed by atoms with E-state index in [0.29, 0.717) is 6.04 Å². The van der Waals surface area contributed by atoms with Crippen LogP contribution >= 0.6 is 11.8 Å². The van der Waals surface area contributed by atoms with Crippen LogP contribution in [0.1, 0.15) is 46.5 Å². The fourth-order valence-corrected chi connectivity index (χ4v) is 4.86. The van der Waals surface area contributed by atoms with E-state index in [9.17, 15) is 0 Å². The first-order valence-corrected chi connectivity index (χ1v) is 8.76. The summed E-state index contributed by atoms with van der Waals surface area (Å²) in [6.07, 6.45) is 5.11. The predicted octanol–water partition coefficient (Wildman–Crippen LogP) is 3.31. The smallest absolute Gasteiger partial charge is 0.0783 e. The average Bonchev–Trinajstić information content (AvgIpc) is 2.76. The predicted molar refractivity (Wildman–Crippen MR) is 80.3 cm³/mol. The van der Waals surface area contributed by atoms with Gasteiger partial charge in [-0.05, 0) is 49.8 Å². The molecule has 2 fully saturated rings. The highest BCUT2D eigenvalue weighted by Gasteiger charge is 2.42. The van der Waals surface area contributed by atoms with Crippen molar-refractivity contribution in [2.75, 3.05) is 24.7 Å². The molecule has 0 aromatic carbocycles. The van der Waals surface area contributed by atoms with Crippen molar-refractivity contribution < 1.29 is 4.74 Å². The minimum Gasteiger partial charge on any atom is -0.374 e. The molecule has 1 N–H and O–H groups in total. The van der Waals surface area contributed by atoms with Crippen LogP contribution in [0.3, 0.4) is 0 Å². The van der Waals surface area contributed by atoms with Gasteiger partial charge in [0.25, 0.3) is 0 Å². The number of thioether (sulfide) groups is 1. The van der Waals surface area contributed by atoms with Gasteiger partial charge in [0.2, 0.25) is 0 Å². The lowest BCUT2D eigenvalue weighted by Gasteiger charge is -2.41. The molecule has 0 saturated carbocycles. The van der Waals surface area contributed by atoms with Crippen LogP contribution < -0.4 is 5.32 Å². The van der Waals surface area contributed by atoms with Gasteiger partial charge in [-0.3, -0.25) is 0 Å². The van der Waals surface area contributed by atoms with E-state index in [1.54, 1.807) is 0 Å². The minimum absolute atomic E-state index is 0.234. The molecule has 1 spiro atoms. The molecular weight excluding hydrogens is 242 g/mol. The SMILES string of the molecule is CCNC(CC(C)C)C1CCOC2(CCSC2)C1. The van der Waals surface area contributed by atoms with Crippen LogP contribution in [0, 0.1) is 11.8 Å². The fourth-order valence-electron chi connectivity index (χ4n) is 3.48. The van der Waals surface area contributed by atoms with Crippen LogP contribution in [-0.2, 0) is 4.74 Å². The molecule has 0 radical (unpaired) electrons. The second kappa shape index (κ2) is 6.62. The molecule has 2 heterocycles. The second-order valence-electron chi connectivity index (χ2n) is 6.38. The molecule has 0 amide bonds. The van der Waals surface area contributed by atoms with Crippen LogP contribution in [0.5, 0.6) is 0 Å². The van der Waals surface area contributed by atoms with Gasteiger partial charge in [-0.2, -0.15) is 11.8 Å². The number of nitrogens with one attached hydrogen (secondary N) is 1. The van der Waals surface area contributed by atoms with Crippen LogP contribution in [-0.4, -0.2) is 36.3 Å².